The van der Waals surface area contributed by atoms with E-state index in [0.717, 1.165) is 62.3 Å². The van der Waals surface area contributed by atoms with Crippen LogP contribution in [0.4, 0.5) is 0 Å². The van der Waals surface area contributed by atoms with E-state index in [0.29, 0.717) is 19.0 Å². The molecule has 6 heteroatoms. The van der Waals surface area contributed by atoms with E-state index in [-0.39, 0.29) is 17.9 Å². The number of rotatable bonds is 7. The number of benzene rings is 1. The number of likely N-dealkylation sites (tertiary alicyclic amines) is 2. The number of carbonyl (C=O) groups is 2. The van der Waals surface area contributed by atoms with Gasteiger partial charge in [0.05, 0.1) is 13.2 Å². The lowest BCUT2D eigenvalue weighted by Crippen LogP contribution is -2.47. The molecule has 164 valence electrons. The highest BCUT2D eigenvalue weighted by atomic mass is 16.5. The first-order valence-corrected chi connectivity index (χ1v) is 11.5. The number of carbonyl (C=O) groups excluding carboxylic acids is 2. The van der Waals surface area contributed by atoms with Crippen LogP contribution in [-0.2, 0) is 4.79 Å². The second-order valence-electron chi connectivity index (χ2n) is 9.08. The molecule has 1 aromatic carbocycles. The molecule has 3 fully saturated rings. The molecule has 1 aliphatic carbocycles. The lowest BCUT2D eigenvalue weighted by Gasteiger charge is -2.33. The van der Waals surface area contributed by atoms with E-state index in [9.17, 15) is 9.59 Å². The molecule has 30 heavy (non-hydrogen) atoms. The molecule has 0 spiro atoms. The first-order valence-electron chi connectivity index (χ1n) is 11.5. The molecule has 1 aromatic rings. The number of nitrogens with zero attached hydrogens (tertiary/aromatic N) is 3. The van der Waals surface area contributed by atoms with Gasteiger partial charge in [-0.15, -0.1) is 0 Å². The molecule has 2 heterocycles. The number of amides is 2. The molecule has 1 atom stereocenters. The normalized spacial score (nSPS) is 22.2. The fourth-order valence-corrected chi connectivity index (χ4v) is 4.82. The van der Waals surface area contributed by atoms with Gasteiger partial charge in [0.25, 0.3) is 5.91 Å². The molecule has 4 rings (SSSR count). The van der Waals surface area contributed by atoms with Crippen LogP contribution in [0.5, 0.6) is 5.75 Å². The quantitative estimate of drug-likeness (QED) is 0.690. The molecule has 0 bridgehead atoms. The second-order valence-corrected chi connectivity index (χ2v) is 9.08. The molecule has 6 nitrogen and oxygen atoms in total. The monoisotopic (exact) mass is 413 g/mol. The van der Waals surface area contributed by atoms with Gasteiger partial charge in [0, 0.05) is 37.7 Å². The largest absolute Gasteiger partial charge is 0.497 e. The summed E-state index contributed by atoms with van der Waals surface area (Å²) >= 11 is 0. The van der Waals surface area contributed by atoms with Crippen molar-refractivity contribution in [1.82, 2.24) is 14.7 Å². The summed E-state index contributed by atoms with van der Waals surface area (Å²) in [5.74, 6) is 1.36. The molecule has 0 N–H and O–H groups in total. The minimum atomic E-state index is 0.0625. The van der Waals surface area contributed by atoms with Crippen molar-refractivity contribution in [1.29, 1.82) is 0 Å². The maximum atomic E-state index is 13.1. The second kappa shape index (κ2) is 9.38. The third kappa shape index (κ3) is 4.80. The Labute approximate surface area is 180 Å². The van der Waals surface area contributed by atoms with Gasteiger partial charge < -0.3 is 19.4 Å². The SMILES string of the molecule is COc1ccc(C(=O)N2CCC(N(CCN3CCCCC3)C(=O)C3CC3)C2)c(C)c1. The van der Waals surface area contributed by atoms with Crippen molar-refractivity contribution in [3.63, 3.8) is 0 Å². The fraction of sp³-hybridized carbons (Fsp3) is 0.667. The number of aryl methyl sites for hydroxylation is 1. The Balaban J connectivity index is 1.40. The van der Waals surface area contributed by atoms with E-state index in [4.69, 9.17) is 4.74 Å². The molecule has 1 saturated carbocycles. The predicted octanol–water partition coefficient (Wildman–Crippen LogP) is 2.94. The molecule has 2 saturated heterocycles. The third-order valence-corrected chi connectivity index (χ3v) is 6.87. The molecule has 3 aliphatic rings. The minimum Gasteiger partial charge on any atom is -0.497 e. The van der Waals surface area contributed by atoms with E-state index in [1.54, 1.807) is 7.11 Å². The van der Waals surface area contributed by atoms with Crippen molar-refractivity contribution in [2.24, 2.45) is 5.92 Å². The van der Waals surface area contributed by atoms with Crippen LogP contribution in [0.3, 0.4) is 0 Å². The Morgan fingerprint density at radius 2 is 1.87 bits per heavy atom. The summed E-state index contributed by atoms with van der Waals surface area (Å²) in [6.07, 6.45) is 6.79. The lowest BCUT2D eigenvalue weighted by atomic mass is 10.1. The Hall–Kier alpha value is -2.08. The van der Waals surface area contributed by atoms with E-state index in [2.05, 4.69) is 9.80 Å². The average molecular weight is 414 g/mol. The van der Waals surface area contributed by atoms with Gasteiger partial charge in [-0.2, -0.15) is 0 Å². The summed E-state index contributed by atoms with van der Waals surface area (Å²) in [4.78, 5) is 32.7. The average Bonchev–Trinajstić information content (AvgIpc) is 3.51. The van der Waals surface area contributed by atoms with Gasteiger partial charge in [0.2, 0.25) is 5.91 Å². The van der Waals surface area contributed by atoms with Gasteiger partial charge in [-0.05, 0) is 75.9 Å². The molecule has 1 unspecified atom stereocenters. The van der Waals surface area contributed by atoms with Crippen molar-refractivity contribution < 1.29 is 14.3 Å². The van der Waals surface area contributed by atoms with Crippen LogP contribution >= 0.6 is 0 Å². The summed E-state index contributed by atoms with van der Waals surface area (Å²) in [6, 6.07) is 5.75. The van der Waals surface area contributed by atoms with Crippen molar-refractivity contribution in [3.05, 3.63) is 29.3 Å². The maximum Gasteiger partial charge on any atom is 0.254 e. The number of hydrogen-bond donors (Lipinski definition) is 0. The smallest absolute Gasteiger partial charge is 0.254 e. The van der Waals surface area contributed by atoms with Gasteiger partial charge in [0.15, 0.2) is 0 Å². The maximum absolute atomic E-state index is 13.1. The molecule has 0 aromatic heterocycles. The number of hydrogen-bond acceptors (Lipinski definition) is 4. The van der Waals surface area contributed by atoms with Crippen LogP contribution in [0.1, 0.15) is 54.4 Å². The van der Waals surface area contributed by atoms with Crippen molar-refractivity contribution in [3.8, 4) is 5.75 Å². The highest BCUT2D eigenvalue weighted by Gasteiger charge is 2.39. The van der Waals surface area contributed by atoms with E-state index in [1.165, 1.54) is 19.3 Å². The highest BCUT2D eigenvalue weighted by Crippen LogP contribution is 2.33. The predicted molar refractivity (Wildman–Crippen MR) is 117 cm³/mol. The van der Waals surface area contributed by atoms with Gasteiger partial charge >= 0.3 is 0 Å². The van der Waals surface area contributed by atoms with Crippen molar-refractivity contribution >= 4 is 11.8 Å². The lowest BCUT2D eigenvalue weighted by molar-refractivity contribution is -0.135. The molecular formula is C24H35N3O3. The first-order chi connectivity index (χ1) is 14.6. The number of methoxy groups -OCH3 is 1. The van der Waals surface area contributed by atoms with Gasteiger partial charge in [-0.25, -0.2) is 0 Å². The van der Waals surface area contributed by atoms with Crippen LogP contribution in [0.15, 0.2) is 18.2 Å². The van der Waals surface area contributed by atoms with Crippen molar-refractivity contribution in [2.75, 3.05) is 46.4 Å². The van der Waals surface area contributed by atoms with Crippen LogP contribution in [-0.4, -0.2) is 78.9 Å². The van der Waals surface area contributed by atoms with Gasteiger partial charge in [-0.1, -0.05) is 6.42 Å². The number of piperidine rings is 1. The van der Waals surface area contributed by atoms with E-state index in [1.807, 2.05) is 30.0 Å². The third-order valence-electron chi connectivity index (χ3n) is 6.87. The summed E-state index contributed by atoms with van der Waals surface area (Å²) in [7, 11) is 1.64. The Bertz CT molecular complexity index is 771. The minimum absolute atomic E-state index is 0.0625. The van der Waals surface area contributed by atoms with Crippen LogP contribution < -0.4 is 4.74 Å². The summed E-state index contributed by atoms with van der Waals surface area (Å²) in [6.45, 7) is 7.36. The summed E-state index contributed by atoms with van der Waals surface area (Å²) in [5.41, 5.74) is 1.66. The fourth-order valence-electron chi connectivity index (χ4n) is 4.82. The van der Waals surface area contributed by atoms with Crippen LogP contribution in [0, 0.1) is 12.8 Å². The zero-order chi connectivity index (χ0) is 21.1. The first kappa shape index (κ1) is 21.2. The van der Waals surface area contributed by atoms with E-state index >= 15 is 0 Å². The van der Waals surface area contributed by atoms with Gasteiger partial charge in [-0.3, -0.25) is 9.59 Å². The summed E-state index contributed by atoms with van der Waals surface area (Å²) < 4.78 is 5.26. The highest BCUT2D eigenvalue weighted by molar-refractivity contribution is 5.96. The molecular weight excluding hydrogens is 378 g/mol. The van der Waals surface area contributed by atoms with Crippen LogP contribution in [0.25, 0.3) is 0 Å². The Kier molecular flexibility index (Phi) is 6.61. The molecule has 0 radical (unpaired) electrons. The standard InChI is InChI=1S/C24H35N3O3/c1-18-16-21(30-2)8-9-22(18)24(29)26-13-10-20(17-26)27(23(28)19-6-7-19)15-14-25-11-4-3-5-12-25/h8-9,16,19-20H,3-7,10-15,17H2,1-2H3. The van der Waals surface area contributed by atoms with Gasteiger partial charge in [0.1, 0.15) is 5.75 Å². The van der Waals surface area contributed by atoms with Crippen molar-refractivity contribution in [2.45, 2.75) is 51.5 Å². The van der Waals surface area contributed by atoms with Crippen LogP contribution in [0.2, 0.25) is 0 Å². The zero-order valence-corrected chi connectivity index (χ0v) is 18.4. The summed E-state index contributed by atoms with van der Waals surface area (Å²) in [5, 5.41) is 0. The Morgan fingerprint density at radius 3 is 2.53 bits per heavy atom. The number of ether oxygens (including phenoxy) is 1. The Morgan fingerprint density at radius 1 is 1.10 bits per heavy atom. The topological polar surface area (TPSA) is 53.1 Å². The zero-order valence-electron chi connectivity index (χ0n) is 18.4. The van der Waals surface area contributed by atoms with E-state index < -0.39 is 0 Å². The molecule has 2 aliphatic heterocycles. The molecule has 2 amide bonds.